The lowest BCUT2D eigenvalue weighted by Gasteiger charge is -1.98. The predicted molar refractivity (Wildman–Crippen MR) is 47.3 cm³/mol. The van der Waals surface area contributed by atoms with Crippen molar-refractivity contribution in [2.45, 2.75) is 0 Å². The Morgan fingerprint density at radius 3 is 2.91 bits per heavy atom. The third-order valence-electron chi connectivity index (χ3n) is 1.33. The molecule has 1 aromatic rings. The summed E-state index contributed by atoms with van der Waals surface area (Å²) in [6.45, 7) is 0. The molecular formula is C8H6BrNO. The van der Waals surface area contributed by atoms with Crippen molar-refractivity contribution >= 4 is 15.9 Å². The molecule has 0 spiro atoms. The van der Waals surface area contributed by atoms with E-state index in [1.165, 1.54) is 10.6 Å². The second-order valence-corrected chi connectivity index (χ2v) is 2.98. The van der Waals surface area contributed by atoms with E-state index in [9.17, 15) is 4.79 Å². The standard InChI is InChI=1S/C8H6BrNO/c1-3-6-5-10(2)8(11)4-7(6)9/h1,4-5H,2H3. The van der Waals surface area contributed by atoms with Crippen molar-refractivity contribution in [2.24, 2.45) is 7.05 Å². The first-order chi connectivity index (χ1) is 5.15. The van der Waals surface area contributed by atoms with Crippen LogP contribution >= 0.6 is 15.9 Å². The maximum absolute atomic E-state index is 11.0. The van der Waals surface area contributed by atoms with E-state index in [-0.39, 0.29) is 5.56 Å². The lowest BCUT2D eigenvalue weighted by molar-refractivity contribution is 0.855. The molecule has 0 saturated carbocycles. The highest BCUT2D eigenvalue weighted by atomic mass is 79.9. The van der Waals surface area contributed by atoms with Crippen LogP contribution in [0.4, 0.5) is 0 Å². The highest BCUT2D eigenvalue weighted by molar-refractivity contribution is 9.10. The van der Waals surface area contributed by atoms with Gasteiger partial charge in [-0.25, -0.2) is 0 Å². The Hall–Kier alpha value is -1.01. The fourth-order valence-corrected chi connectivity index (χ4v) is 1.13. The van der Waals surface area contributed by atoms with Crippen LogP contribution in [0.5, 0.6) is 0 Å². The summed E-state index contributed by atoms with van der Waals surface area (Å²) >= 11 is 3.19. The van der Waals surface area contributed by atoms with Gasteiger partial charge in [-0.2, -0.15) is 0 Å². The quantitative estimate of drug-likeness (QED) is 0.591. The number of aromatic nitrogens is 1. The molecule has 0 amide bonds. The lowest BCUT2D eigenvalue weighted by Crippen LogP contribution is -2.15. The van der Waals surface area contributed by atoms with E-state index in [1.54, 1.807) is 13.2 Å². The summed E-state index contributed by atoms with van der Waals surface area (Å²) in [7, 11) is 1.66. The van der Waals surface area contributed by atoms with Crippen LogP contribution in [0.1, 0.15) is 5.56 Å². The summed E-state index contributed by atoms with van der Waals surface area (Å²) in [6.07, 6.45) is 6.79. The maximum atomic E-state index is 11.0. The van der Waals surface area contributed by atoms with Crippen molar-refractivity contribution in [3.8, 4) is 12.3 Å². The second kappa shape index (κ2) is 2.93. The van der Waals surface area contributed by atoms with Crippen LogP contribution in [0, 0.1) is 12.3 Å². The third-order valence-corrected chi connectivity index (χ3v) is 1.99. The highest BCUT2D eigenvalue weighted by Crippen LogP contribution is 2.11. The molecule has 56 valence electrons. The van der Waals surface area contributed by atoms with Crippen LogP contribution in [-0.2, 0) is 7.05 Å². The van der Waals surface area contributed by atoms with Gasteiger partial charge in [0.2, 0.25) is 0 Å². The first kappa shape index (κ1) is 8.09. The lowest BCUT2D eigenvalue weighted by atomic mass is 10.3. The molecule has 0 aliphatic rings. The molecule has 1 heterocycles. The predicted octanol–water partition coefficient (Wildman–Crippen LogP) is 1.13. The van der Waals surface area contributed by atoms with E-state index in [0.29, 0.717) is 10.0 Å². The van der Waals surface area contributed by atoms with Crippen LogP contribution in [0.25, 0.3) is 0 Å². The summed E-state index contributed by atoms with van der Waals surface area (Å²) in [6, 6.07) is 1.45. The molecular weight excluding hydrogens is 206 g/mol. The molecule has 1 aromatic heterocycles. The summed E-state index contributed by atoms with van der Waals surface area (Å²) in [5, 5.41) is 0. The van der Waals surface area contributed by atoms with E-state index in [0.717, 1.165) is 0 Å². The van der Waals surface area contributed by atoms with Crippen molar-refractivity contribution in [3.63, 3.8) is 0 Å². The fraction of sp³-hybridized carbons (Fsp3) is 0.125. The molecule has 0 fully saturated rings. The van der Waals surface area contributed by atoms with Crippen LogP contribution < -0.4 is 5.56 Å². The average Bonchev–Trinajstić information content (AvgIpc) is 1.97. The van der Waals surface area contributed by atoms with Crippen molar-refractivity contribution in [1.82, 2.24) is 4.57 Å². The molecule has 0 bridgehead atoms. The van der Waals surface area contributed by atoms with Crippen molar-refractivity contribution in [2.75, 3.05) is 0 Å². The molecule has 0 radical (unpaired) electrons. The van der Waals surface area contributed by atoms with Crippen LogP contribution in [0.2, 0.25) is 0 Å². The Labute approximate surface area is 73.0 Å². The molecule has 0 atom stereocenters. The van der Waals surface area contributed by atoms with Crippen molar-refractivity contribution < 1.29 is 0 Å². The number of rotatable bonds is 0. The number of hydrogen-bond donors (Lipinski definition) is 0. The van der Waals surface area contributed by atoms with Gasteiger partial charge in [0.1, 0.15) is 0 Å². The van der Waals surface area contributed by atoms with Crippen LogP contribution in [0.15, 0.2) is 21.5 Å². The minimum atomic E-state index is -0.0733. The van der Waals surface area contributed by atoms with E-state index in [4.69, 9.17) is 6.42 Å². The van der Waals surface area contributed by atoms with Gasteiger partial charge in [0.15, 0.2) is 0 Å². The molecule has 3 heteroatoms. The summed E-state index contributed by atoms with van der Waals surface area (Å²) < 4.78 is 2.11. The molecule has 0 saturated heterocycles. The SMILES string of the molecule is C#Cc1cn(C)c(=O)cc1Br. The van der Waals surface area contributed by atoms with Gasteiger partial charge in [-0.1, -0.05) is 5.92 Å². The van der Waals surface area contributed by atoms with Gasteiger partial charge in [-0.05, 0) is 15.9 Å². The molecule has 2 nitrogen and oxygen atoms in total. The Morgan fingerprint density at radius 1 is 1.73 bits per heavy atom. The van der Waals surface area contributed by atoms with Crippen LogP contribution in [-0.4, -0.2) is 4.57 Å². The van der Waals surface area contributed by atoms with Gasteiger partial charge in [0.25, 0.3) is 5.56 Å². The number of pyridine rings is 1. The zero-order valence-electron chi connectivity index (χ0n) is 5.97. The molecule has 0 unspecified atom stereocenters. The Kier molecular flexibility index (Phi) is 2.16. The van der Waals surface area contributed by atoms with Gasteiger partial charge in [-0.3, -0.25) is 4.79 Å². The Balaban J connectivity index is 3.47. The molecule has 11 heavy (non-hydrogen) atoms. The van der Waals surface area contributed by atoms with Crippen molar-refractivity contribution in [1.29, 1.82) is 0 Å². The smallest absolute Gasteiger partial charge is 0.251 e. The topological polar surface area (TPSA) is 22.0 Å². The third kappa shape index (κ3) is 1.52. The number of nitrogens with zero attached hydrogens (tertiary/aromatic N) is 1. The number of terminal acetylenes is 1. The largest absolute Gasteiger partial charge is 0.317 e. The number of hydrogen-bond acceptors (Lipinski definition) is 1. The maximum Gasteiger partial charge on any atom is 0.251 e. The average molecular weight is 212 g/mol. The van der Waals surface area contributed by atoms with E-state index in [2.05, 4.69) is 21.9 Å². The van der Waals surface area contributed by atoms with E-state index in [1.807, 2.05) is 0 Å². The minimum Gasteiger partial charge on any atom is -0.317 e. The Bertz CT molecular complexity index is 373. The van der Waals surface area contributed by atoms with Gasteiger partial charge in [0.05, 0.1) is 5.56 Å². The van der Waals surface area contributed by atoms with Crippen LogP contribution in [0.3, 0.4) is 0 Å². The monoisotopic (exact) mass is 211 g/mol. The summed E-state index contributed by atoms with van der Waals surface area (Å²) in [4.78, 5) is 11.0. The number of aryl methyl sites for hydroxylation is 1. The zero-order chi connectivity index (χ0) is 8.43. The normalized spacial score (nSPS) is 9.18. The molecule has 0 aliphatic carbocycles. The molecule has 1 rings (SSSR count). The van der Waals surface area contributed by atoms with Gasteiger partial charge in [0, 0.05) is 23.8 Å². The van der Waals surface area contributed by atoms with Crippen molar-refractivity contribution in [3.05, 3.63) is 32.7 Å². The van der Waals surface area contributed by atoms with Gasteiger partial charge in [-0.15, -0.1) is 6.42 Å². The number of halogens is 1. The molecule has 0 N–H and O–H groups in total. The Morgan fingerprint density at radius 2 is 2.36 bits per heavy atom. The summed E-state index contributed by atoms with van der Waals surface area (Å²) in [5.41, 5.74) is 0.614. The fourth-order valence-electron chi connectivity index (χ4n) is 0.713. The van der Waals surface area contributed by atoms with E-state index >= 15 is 0 Å². The van der Waals surface area contributed by atoms with Gasteiger partial charge >= 0.3 is 0 Å². The highest BCUT2D eigenvalue weighted by Gasteiger charge is 1.98. The second-order valence-electron chi connectivity index (χ2n) is 2.13. The minimum absolute atomic E-state index is 0.0733. The molecule has 0 aromatic carbocycles. The van der Waals surface area contributed by atoms with Gasteiger partial charge < -0.3 is 4.57 Å². The van der Waals surface area contributed by atoms with E-state index < -0.39 is 0 Å². The molecule has 0 aliphatic heterocycles. The zero-order valence-corrected chi connectivity index (χ0v) is 7.55. The summed E-state index contributed by atoms with van der Waals surface area (Å²) in [5.74, 6) is 2.46. The first-order valence-electron chi connectivity index (χ1n) is 2.98. The first-order valence-corrected chi connectivity index (χ1v) is 3.77.